The van der Waals surface area contributed by atoms with Gasteiger partial charge in [0.25, 0.3) is 0 Å². The van der Waals surface area contributed by atoms with Crippen LogP contribution in [-0.2, 0) is 6.18 Å². The summed E-state index contributed by atoms with van der Waals surface area (Å²) >= 11 is 0. The van der Waals surface area contributed by atoms with Gasteiger partial charge in [0, 0.05) is 5.39 Å². The second-order valence-electron chi connectivity index (χ2n) is 3.10. The molecule has 0 atom stereocenters. The van der Waals surface area contributed by atoms with E-state index in [1.165, 1.54) is 6.07 Å². The average molecular weight is 200 g/mol. The van der Waals surface area contributed by atoms with Crippen molar-refractivity contribution in [3.63, 3.8) is 0 Å². The fraction of sp³-hybridized carbons (Fsp3) is 0.200. The van der Waals surface area contributed by atoms with Gasteiger partial charge in [0.05, 0.1) is 0 Å². The molecule has 0 radical (unpaired) electrons. The maximum absolute atomic E-state index is 12.4. The molecule has 1 aromatic heterocycles. The van der Waals surface area contributed by atoms with Crippen LogP contribution in [0.2, 0.25) is 0 Å². The molecule has 14 heavy (non-hydrogen) atoms. The number of hydrogen-bond acceptors (Lipinski definition) is 1. The number of rotatable bonds is 0. The van der Waals surface area contributed by atoms with E-state index >= 15 is 0 Å². The molecule has 2 aromatic rings. The maximum Gasteiger partial charge on any atom is 0.420 e. The molecule has 0 bridgehead atoms. The predicted molar refractivity (Wildman–Crippen MR) is 46.0 cm³/mol. The minimum absolute atomic E-state index is 0.123. The first kappa shape index (κ1) is 9.12. The van der Waals surface area contributed by atoms with E-state index in [1.807, 2.05) is 0 Å². The zero-order valence-electron chi connectivity index (χ0n) is 7.35. The molecule has 0 aliphatic rings. The Hall–Kier alpha value is -1.45. The summed E-state index contributed by atoms with van der Waals surface area (Å²) in [5.74, 6) is 0. The normalized spacial score (nSPS) is 12.3. The van der Waals surface area contributed by atoms with Crippen LogP contribution < -0.4 is 0 Å². The molecular formula is C10H7F3O. The summed E-state index contributed by atoms with van der Waals surface area (Å²) in [6, 6.07) is 4.71. The molecule has 4 heteroatoms. The van der Waals surface area contributed by atoms with Gasteiger partial charge in [-0.25, -0.2) is 0 Å². The van der Waals surface area contributed by atoms with E-state index in [2.05, 4.69) is 0 Å². The third-order valence-corrected chi connectivity index (χ3v) is 2.10. The van der Waals surface area contributed by atoms with Crippen molar-refractivity contribution in [2.45, 2.75) is 13.1 Å². The van der Waals surface area contributed by atoms with Gasteiger partial charge in [-0.3, -0.25) is 0 Å². The highest BCUT2D eigenvalue weighted by Crippen LogP contribution is 2.36. The molecular weight excluding hydrogens is 193 g/mol. The van der Waals surface area contributed by atoms with Crippen LogP contribution in [-0.4, -0.2) is 0 Å². The lowest BCUT2D eigenvalue weighted by Crippen LogP contribution is -2.03. The smallest absolute Gasteiger partial charge is 0.420 e. The monoisotopic (exact) mass is 200 g/mol. The second kappa shape index (κ2) is 2.77. The van der Waals surface area contributed by atoms with Crippen LogP contribution in [0.3, 0.4) is 0 Å². The van der Waals surface area contributed by atoms with E-state index in [9.17, 15) is 13.2 Å². The standard InChI is InChI=1S/C10H7F3O/c1-6-3-2-4-7-8(10(11,12)13)5-14-9(6)7/h2-5H,1H3. The van der Waals surface area contributed by atoms with Crippen molar-refractivity contribution in [3.8, 4) is 0 Å². The van der Waals surface area contributed by atoms with Gasteiger partial charge >= 0.3 is 6.18 Å². The first-order valence-corrected chi connectivity index (χ1v) is 4.04. The molecule has 0 saturated heterocycles. The maximum atomic E-state index is 12.4. The number of fused-ring (bicyclic) bond motifs is 1. The first-order chi connectivity index (χ1) is 6.50. The molecule has 1 nitrogen and oxygen atoms in total. The van der Waals surface area contributed by atoms with Gasteiger partial charge in [-0.05, 0) is 12.5 Å². The number of alkyl halides is 3. The van der Waals surface area contributed by atoms with Crippen LogP contribution in [0, 0.1) is 6.92 Å². The zero-order valence-corrected chi connectivity index (χ0v) is 7.35. The molecule has 74 valence electrons. The zero-order chi connectivity index (χ0) is 10.3. The minimum Gasteiger partial charge on any atom is -0.463 e. The van der Waals surface area contributed by atoms with E-state index < -0.39 is 11.7 Å². The molecule has 2 rings (SSSR count). The number of para-hydroxylation sites is 1. The van der Waals surface area contributed by atoms with E-state index in [0.717, 1.165) is 6.26 Å². The number of hydrogen-bond donors (Lipinski definition) is 0. The minimum atomic E-state index is -4.35. The topological polar surface area (TPSA) is 13.1 Å². The lowest BCUT2D eigenvalue weighted by molar-refractivity contribution is -0.136. The summed E-state index contributed by atoms with van der Waals surface area (Å²) in [5.41, 5.74) is 0.300. The Kier molecular flexibility index (Phi) is 1.80. The molecule has 1 heterocycles. The lowest BCUT2D eigenvalue weighted by atomic mass is 10.1. The van der Waals surface area contributed by atoms with Crippen molar-refractivity contribution in [2.75, 3.05) is 0 Å². The molecule has 0 spiro atoms. The highest BCUT2D eigenvalue weighted by Gasteiger charge is 2.34. The van der Waals surface area contributed by atoms with Crippen molar-refractivity contribution in [1.29, 1.82) is 0 Å². The fourth-order valence-corrected chi connectivity index (χ4v) is 1.42. The molecule has 0 fully saturated rings. The van der Waals surface area contributed by atoms with Gasteiger partial charge in [-0.2, -0.15) is 13.2 Å². The Bertz CT molecular complexity index is 468. The Labute approximate surface area is 78.1 Å². The molecule has 0 aliphatic carbocycles. The van der Waals surface area contributed by atoms with Crippen LogP contribution in [0.25, 0.3) is 11.0 Å². The Morgan fingerprint density at radius 1 is 1.21 bits per heavy atom. The SMILES string of the molecule is Cc1cccc2c(C(F)(F)F)coc12. The number of halogens is 3. The van der Waals surface area contributed by atoms with E-state index in [-0.39, 0.29) is 5.39 Å². The summed E-state index contributed by atoms with van der Waals surface area (Å²) in [5, 5.41) is 0.123. The van der Waals surface area contributed by atoms with Gasteiger partial charge in [0.15, 0.2) is 0 Å². The van der Waals surface area contributed by atoms with Crippen molar-refractivity contribution < 1.29 is 17.6 Å². The highest BCUT2D eigenvalue weighted by atomic mass is 19.4. The Balaban J connectivity index is 2.76. The number of aryl methyl sites for hydroxylation is 1. The number of furan rings is 1. The van der Waals surface area contributed by atoms with Gasteiger partial charge in [-0.1, -0.05) is 18.2 Å². The van der Waals surface area contributed by atoms with Crippen LogP contribution >= 0.6 is 0 Å². The van der Waals surface area contributed by atoms with Crippen LogP contribution in [0.5, 0.6) is 0 Å². The summed E-state index contributed by atoms with van der Waals surface area (Å²) < 4.78 is 42.2. The summed E-state index contributed by atoms with van der Waals surface area (Å²) in [7, 11) is 0. The van der Waals surface area contributed by atoms with Crippen molar-refractivity contribution in [3.05, 3.63) is 35.6 Å². The van der Waals surface area contributed by atoms with E-state index in [1.54, 1.807) is 19.1 Å². The van der Waals surface area contributed by atoms with Crippen molar-refractivity contribution in [1.82, 2.24) is 0 Å². The first-order valence-electron chi connectivity index (χ1n) is 4.04. The van der Waals surface area contributed by atoms with Gasteiger partial charge < -0.3 is 4.42 Å². The highest BCUT2D eigenvalue weighted by molar-refractivity contribution is 5.84. The van der Waals surface area contributed by atoms with Crippen LogP contribution in [0.1, 0.15) is 11.1 Å². The van der Waals surface area contributed by atoms with Gasteiger partial charge in [-0.15, -0.1) is 0 Å². The second-order valence-corrected chi connectivity index (χ2v) is 3.10. The summed E-state index contributed by atoms with van der Waals surface area (Å²) in [6.07, 6.45) is -3.59. The third-order valence-electron chi connectivity index (χ3n) is 2.10. The lowest BCUT2D eigenvalue weighted by Gasteiger charge is -2.02. The fourth-order valence-electron chi connectivity index (χ4n) is 1.42. The molecule has 0 N–H and O–H groups in total. The summed E-state index contributed by atoms with van der Waals surface area (Å²) in [6.45, 7) is 1.71. The number of benzene rings is 1. The molecule has 0 unspecified atom stereocenters. The predicted octanol–water partition coefficient (Wildman–Crippen LogP) is 3.76. The van der Waals surface area contributed by atoms with E-state index in [0.29, 0.717) is 11.1 Å². The van der Waals surface area contributed by atoms with Gasteiger partial charge in [0.1, 0.15) is 17.4 Å². The largest absolute Gasteiger partial charge is 0.463 e. The Morgan fingerprint density at radius 2 is 1.93 bits per heavy atom. The molecule has 1 aromatic carbocycles. The Morgan fingerprint density at radius 3 is 2.57 bits per heavy atom. The van der Waals surface area contributed by atoms with Crippen molar-refractivity contribution in [2.24, 2.45) is 0 Å². The van der Waals surface area contributed by atoms with Crippen LogP contribution in [0.15, 0.2) is 28.9 Å². The molecule has 0 aliphatic heterocycles. The van der Waals surface area contributed by atoms with Gasteiger partial charge in [0.2, 0.25) is 0 Å². The molecule has 0 saturated carbocycles. The van der Waals surface area contributed by atoms with E-state index in [4.69, 9.17) is 4.42 Å². The molecule has 0 amide bonds. The van der Waals surface area contributed by atoms with Crippen LogP contribution in [0.4, 0.5) is 13.2 Å². The van der Waals surface area contributed by atoms with Crippen molar-refractivity contribution >= 4 is 11.0 Å². The average Bonchev–Trinajstić information content (AvgIpc) is 2.47. The third kappa shape index (κ3) is 1.27. The summed E-state index contributed by atoms with van der Waals surface area (Å²) in [4.78, 5) is 0. The quantitative estimate of drug-likeness (QED) is 0.631.